The van der Waals surface area contributed by atoms with Crippen molar-refractivity contribution in [3.05, 3.63) is 58.9 Å². The molecule has 0 aliphatic carbocycles. The van der Waals surface area contributed by atoms with Gasteiger partial charge in [0, 0.05) is 5.69 Å². The molecule has 0 bridgehead atoms. The second-order valence-corrected chi connectivity index (χ2v) is 4.96. The molecule has 0 aromatic heterocycles. The molecule has 2 aromatic carbocycles. The number of halogens is 1. The van der Waals surface area contributed by atoms with E-state index in [0.717, 1.165) is 5.56 Å². The summed E-state index contributed by atoms with van der Waals surface area (Å²) in [5.74, 6) is -1.18. The first kappa shape index (κ1) is 13.8. The highest BCUT2D eigenvalue weighted by Crippen LogP contribution is 2.18. The Morgan fingerprint density at radius 2 is 2.14 bits per heavy atom. The number of hydrogen-bond donors (Lipinski definition) is 2. The van der Waals surface area contributed by atoms with Crippen molar-refractivity contribution in [1.82, 2.24) is 0 Å². The zero-order chi connectivity index (χ0) is 15.0. The Morgan fingerprint density at radius 1 is 1.38 bits per heavy atom. The molecule has 0 saturated heterocycles. The molecule has 21 heavy (non-hydrogen) atoms. The Balaban J connectivity index is 1.92. The van der Waals surface area contributed by atoms with Gasteiger partial charge in [-0.2, -0.15) is 0 Å². The van der Waals surface area contributed by atoms with Gasteiger partial charge in [-0.05, 0) is 41.7 Å². The Morgan fingerprint density at radius 3 is 2.90 bits per heavy atom. The fourth-order valence-corrected chi connectivity index (χ4v) is 2.32. The summed E-state index contributed by atoms with van der Waals surface area (Å²) >= 11 is 0. The van der Waals surface area contributed by atoms with Gasteiger partial charge in [-0.3, -0.25) is 4.79 Å². The lowest BCUT2D eigenvalue weighted by atomic mass is 9.78. The number of fused-ring (bicyclic) bond motifs is 1. The zero-order valence-corrected chi connectivity index (χ0v) is 11.4. The summed E-state index contributed by atoms with van der Waals surface area (Å²) in [5.41, 5.74) is 2.40. The molecule has 1 aliphatic heterocycles. The summed E-state index contributed by atoms with van der Waals surface area (Å²) in [4.78, 5) is 12.2. The topological polar surface area (TPSA) is 58.6 Å². The second-order valence-electron chi connectivity index (χ2n) is 4.96. The van der Waals surface area contributed by atoms with Crippen LogP contribution >= 0.6 is 0 Å². The van der Waals surface area contributed by atoms with Crippen molar-refractivity contribution >= 4 is 24.2 Å². The normalized spacial score (nSPS) is 13.2. The van der Waals surface area contributed by atoms with Gasteiger partial charge in [0.2, 0.25) is 0 Å². The Hall–Kier alpha value is -2.18. The maximum absolute atomic E-state index is 14.0. The van der Waals surface area contributed by atoms with Crippen LogP contribution in [0.15, 0.2) is 36.4 Å². The standard InChI is InChI=1S/C15H13BFNO3/c1-9-4-2-3-5-14(9)18-15(19)11-7-12-10(6-13(11)17)8-21-16(12)20/h2-7,20H,8H2,1H3,(H,18,19). The number of anilines is 1. The molecule has 2 aromatic rings. The van der Waals surface area contributed by atoms with Crippen LogP contribution in [0.4, 0.5) is 10.1 Å². The maximum atomic E-state index is 14.0. The largest absolute Gasteiger partial charge is 0.491 e. The monoisotopic (exact) mass is 285 g/mol. The lowest BCUT2D eigenvalue weighted by Gasteiger charge is -2.10. The van der Waals surface area contributed by atoms with Gasteiger partial charge in [-0.15, -0.1) is 0 Å². The van der Waals surface area contributed by atoms with Crippen LogP contribution < -0.4 is 10.8 Å². The van der Waals surface area contributed by atoms with E-state index in [2.05, 4.69) is 5.32 Å². The molecule has 6 heteroatoms. The average molecular weight is 285 g/mol. The average Bonchev–Trinajstić information content (AvgIpc) is 2.81. The molecular formula is C15H13BFNO3. The molecular weight excluding hydrogens is 272 g/mol. The third-order valence-electron chi connectivity index (χ3n) is 3.53. The van der Waals surface area contributed by atoms with Crippen molar-refractivity contribution in [1.29, 1.82) is 0 Å². The SMILES string of the molecule is Cc1ccccc1NC(=O)c1cc2c(cc1F)COB2O. The highest BCUT2D eigenvalue weighted by molar-refractivity contribution is 6.61. The van der Waals surface area contributed by atoms with Crippen LogP contribution in [0.1, 0.15) is 21.5 Å². The summed E-state index contributed by atoms with van der Waals surface area (Å²) in [7, 11) is -1.11. The fourth-order valence-electron chi connectivity index (χ4n) is 2.32. The van der Waals surface area contributed by atoms with Gasteiger partial charge in [0.1, 0.15) is 5.82 Å². The van der Waals surface area contributed by atoms with Crippen LogP contribution in [0.3, 0.4) is 0 Å². The minimum absolute atomic E-state index is 0.110. The minimum atomic E-state index is -1.11. The minimum Gasteiger partial charge on any atom is -0.423 e. The first-order valence-corrected chi connectivity index (χ1v) is 6.55. The van der Waals surface area contributed by atoms with Crippen molar-refractivity contribution < 1.29 is 18.9 Å². The van der Waals surface area contributed by atoms with Gasteiger partial charge in [0.25, 0.3) is 5.91 Å². The molecule has 0 spiro atoms. The van der Waals surface area contributed by atoms with E-state index < -0.39 is 18.8 Å². The summed E-state index contributed by atoms with van der Waals surface area (Å²) < 4.78 is 19.0. The van der Waals surface area contributed by atoms with Crippen LogP contribution in [-0.2, 0) is 11.3 Å². The van der Waals surface area contributed by atoms with E-state index in [0.29, 0.717) is 16.7 Å². The molecule has 0 unspecified atom stereocenters. The highest BCUT2D eigenvalue weighted by atomic mass is 19.1. The van der Waals surface area contributed by atoms with Crippen LogP contribution in [-0.4, -0.2) is 18.0 Å². The van der Waals surface area contributed by atoms with Crippen molar-refractivity contribution in [3.8, 4) is 0 Å². The molecule has 4 nitrogen and oxygen atoms in total. The number of rotatable bonds is 2. The van der Waals surface area contributed by atoms with Crippen molar-refractivity contribution in [3.63, 3.8) is 0 Å². The van der Waals surface area contributed by atoms with E-state index in [1.807, 2.05) is 19.1 Å². The van der Waals surface area contributed by atoms with E-state index in [1.54, 1.807) is 12.1 Å². The lowest BCUT2D eigenvalue weighted by Crippen LogP contribution is -2.30. The van der Waals surface area contributed by atoms with Gasteiger partial charge in [0.15, 0.2) is 0 Å². The number of carbonyl (C=O) groups is 1. The molecule has 2 N–H and O–H groups in total. The second kappa shape index (κ2) is 5.31. The predicted molar refractivity (Wildman–Crippen MR) is 77.9 cm³/mol. The van der Waals surface area contributed by atoms with E-state index in [9.17, 15) is 14.2 Å². The Bertz CT molecular complexity index is 720. The van der Waals surface area contributed by atoms with Crippen molar-refractivity contribution in [2.75, 3.05) is 5.32 Å². The smallest absolute Gasteiger partial charge is 0.423 e. The van der Waals surface area contributed by atoms with Gasteiger partial charge in [0.05, 0.1) is 12.2 Å². The first-order valence-electron chi connectivity index (χ1n) is 6.55. The molecule has 0 saturated carbocycles. The third-order valence-corrected chi connectivity index (χ3v) is 3.53. The number of nitrogens with one attached hydrogen (secondary N) is 1. The molecule has 1 heterocycles. The van der Waals surface area contributed by atoms with E-state index in [-0.39, 0.29) is 12.2 Å². The van der Waals surface area contributed by atoms with Crippen LogP contribution in [0.5, 0.6) is 0 Å². The number of amides is 1. The molecule has 0 radical (unpaired) electrons. The molecule has 1 aliphatic rings. The summed E-state index contributed by atoms with van der Waals surface area (Å²) in [6, 6.07) is 9.82. The first-order chi connectivity index (χ1) is 10.1. The highest BCUT2D eigenvalue weighted by Gasteiger charge is 2.30. The molecule has 0 atom stereocenters. The van der Waals surface area contributed by atoms with E-state index in [4.69, 9.17) is 4.65 Å². The third kappa shape index (κ3) is 2.55. The predicted octanol–water partition coefficient (Wildman–Crippen LogP) is 1.60. The van der Waals surface area contributed by atoms with Crippen molar-refractivity contribution in [2.24, 2.45) is 0 Å². The van der Waals surface area contributed by atoms with Crippen LogP contribution in [0.2, 0.25) is 0 Å². The molecule has 106 valence electrons. The van der Waals surface area contributed by atoms with Crippen LogP contribution in [0.25, 0.3) is 0 Å². The fraction of sp³-hybridized carbons (Fsp3) is 0.133. The number of carbonyl (C=O) groups excluding carboxylic acids is 1. The van der Waals surface area contributed by atoms with Gasteiger partial charge in [-0.25, -0.2) is 4.39 Å². The Kier molecular flexibility index (Phi) is 3.49. The summed E-state index contributed by atoms with van der Waals surface area (Å²) in [5, 5.41) is 12.3. The molecule has 3 rings (SSSR count). The van der Waals surface area contributed by atoms with Crippen LogP contribution in [0, 0.1) is 12.7 Å². The van der Waals surface area contributed by atoms with Gasteiger partial charge in [-0.1, -0.05) is 18.2 Å². The zero-order valence-electron chi connectivity index (χ0n) is 11.4. The number of benzene rings is 2. The molecule has 1 amide bonds. The number of aryl methyl sites for hydroxylation is 1. The van der Waals surface area contributed by atoms with E-state index >= 15 is 0 Å². The maximum Gasteiger partial charge on any atom is 0.491 e. The summed E-state index contributed by atoms with van der Waals surface area (Å²) in [6.45, 7) is 2.00. The van der Waals surface area contributed by atoms with E-state index in [1.165, 1.54) is 12.1 Å². The molecule has 0 fully saturated rings. The van der Waals surface area contributed by atoms with Crippen molar-refractivity contribution in [2.45, 2.75) is 13.5 Å². The van der Waals surface area contributed by atoms with Gasteiger partial charge < -0.3 is 15.0 Å². The number of para-hydroxylation sites is 1. The summed E-state index contributed by atoms with van der Waals surface area (Å²) in [6.07, 6.45) is 0. The lowest BCUT2D eigenvalue weighted by molar-refractivity contribution is 0.102. The van der Waals surface area contributed by atoms with Gasteiger partial charge >= 0.3 is 7.12 Å². The quantitative estimate of drug-likeness (QED) is 0.824. The number of hydrogen-bond acceptors (Lipinski definition) is 3. The Labute approximate surface area is 121 Å².